The summed E-state index contributed by atoms with van der Waals surface area (Å²) in [5, 5.41) is 11.4. The second-order valence-electron chi connectivity index (χ2n) is 11.1. The maximum Gasteiger partial charge on any atom is 0.133 e. The molecular weight excluding hydrogens is 493 g/mol. The third-order valence-electron chi connectivity index (χ3n) is 8.00. The molecule has 0 radical (unpaired) electrons. The van der Waals surface area contributed by atoms with Gasteiger partial charge in [-0.3, -0.25) is 9.69 Å². The Hall–Kier alpha value is -2.28. The van der Waals surface area contributed by atoms with Gasteiger partial charge in [0.2, 0.25) is 0 Å². The Bertz CT molecular complexity index is 965. The van der Waals surface area contributed by atoms with E-state index in [0.29, 0.717) is 51.3 Å². The van der Waals surface area contributed by atoms with Crippen LogP contribution in [0, 0.1) is 11.8 Å². The lowest BCUT2D eigenvalue weighted by Gasteiger charge is -2.27. The third kappa shape index (κ3) is 10.7. The van der Waals surface area contributed by atoms with Crippen molar-refractivity contribution in [2.75, 3.05) is 32.8 Å². The molecule has 2 aromatic carbocycles. The fourth-order valence-corrected chi connectivity index (χ4v) is 5.72. The fourth-order valence-electron chi connectivity index (χ4n) is 5.72. The smallest absolute Gasteiger partial charge is 0.133 e. The van der Waals surface area contributed by atoms with Gasteiger partial charge < -0.3 is 14.6 Å². The molecule has 0 saturated carbocycles. The van der Waals surface area contributed by atoms with Crippen LogP contribution in [0.15, 0.2) is 54.6 Å². The topological polar surface area (TPSA) is 59.0 Å². The van der Waals surface area contributed by atoms with Crippen LogP contribution in [-0.4, -0.2) is 54.8 Å². The van der Waals surface area contributed by atoms with Crippen molar-refractivity contribution < 1.29 is 23.8 Å². The van der Waals surface area contributed by atoms with Crippen molar-refractivity contribution in [1.29, 1.82) is 0 Å². The van der Waals surface area contributed by atoms with E-state index in [4.69, 9.17) is 9.47 Å². The first-order valence-corrected chi connectivity index (χ1v) is 14.5. The number of hydrogen-bond donors (Lipinski definition) is 1. The average molecular weight is 542 g/mol. The van der Waals surface area contributed by atoms with Crippen molar-refractivity contribution in [2.45, 2.75) is 84.1 Å². The van der Waals surface area contributed by atoms with Crippen LogP contribution in [0.2, 0.25) is 0 Å². The molecule has 5 nitrogen and oxygen atoms in total. The first-order valence-electron chi connectivity index (χ1n) is 14.5. The van der Waals surface area contributed by atoms with E-state index in [2.05, 4.69) is 4.90 Å². The second kappa shape index (κ2) is 16.7. The van der Waals surface area contributed by atoms with Gasteiger partial charge in [-0.1, -0.05) is 69.2 Å². The molecule has 39 heavy (non-hydrogen) atoms. The highest BCUT2D eigenvalue weighted by Gasteiger charge is 2.30. The van der Waals surface area contributed by atoms with E-state index in [-0.39, 0.29) is 19.1 Å². The highest BCUT2D eigenvalue weighted by Crippen LogP contribution is 2.31. The molecule has 0 aliphatic carbocycles. The number of benzene rings is 2. The van der Waals surface area contributed by atoms with Crippen molar-refractivity contribution in [2.24, 2.45) is 11.8 Å². The maximum absolute atomic E-state index is 13.9. The molecule has 216 valence electrons. The lowest BCUT2D eigenvalue weighted by atomic mass is 9.89. The Morgan fingerprint density at radius 2 is 1.85 bits per heavy atom. The van der Waals surface area contributed by atoms with Gasteiger partial charge in [-0.25, -0.2) is 4.39 Å². The number of Topliss-reactive ketones (excluding diaryl/α,β-unsaturated/α-hetero) is 1. The molecule has 2 fully saturated rings. The molecular formula is C33H48FNO4. The van der Waals surface area contributed by atoms with Gasteiger partial charge in [0.1, 0.15) is 24.3 Å². The summed E-state index contributed by atoms with van der Waals surface area (Å²) in [5.41, 5.74) is 1.81. The van der Waals surface area contributed by atoms with Crippen LogP contribution in [0.4, 0.5) is 4.39 Å². The van der Waals surface area contributed by atoms with Gasteiger partial charge in [0.15, 0.2) is 0 Å². The molecule has 2 saturated heterocycles. The first-order chi connectivity index (χ1) is 18.6. The zero-order chi connectivity index (χ0) is 26.6. The van der Waals surface area contributed by atoms with Gasteiger partial charge in [0, 0.05) is 51.6 Å². The molecule has 0 amide bonds. The number of alkyl halides is 1. The van der Waals surface area contributed by atoms with Gasteiger partial charge in [-0.2, -0.15) is 0 Å². The van der Waals surface area contributed by atoms with E-state index in [1.807, 2.05) is 54.6 Å². The molecule has 2 aromatic rings. The van der Waals surface area contributed by atoms with Crippen LogP contribution >= 0.6 is 0 Å². The van der Waals surface area contributed by atoms with Crippen molar-refractivity contribution in [1.82, 2.24) is 4.90 Å². The number of unbranched alkanes of at least 4 members (excludes halogenated alkanes) is 2. The van der Waals surface area contributed by atoms with Crippen LogP contribution in [-0.2, 0) is 16.1 Å². The van der Waals surface area contributed by atoms with Crippen molar-refractivity contribution in [3.8, 4) is 5.75 Å². The van der Waals surface area contributed by atoms with Crippen LogP contribution in [0.3, 0.4) is 0 Å². The number of aliphatic hydroxyl groups is 1. The molecule has 0 unspecified atom stereocenters. The zero-order valence-electron chi connectivity index (χ0n) is 22.6. The number of carbonyl (C=O) groups excluding carboxylic acids is 1. The van der Waals surface area contributed by atoms with E-state index in [1.54, 1.807) is 0 Å². The Kier molecular flexibility index (Phi) is 13.4. The summed E-state index contributed by atoms with van der Waals surface area (Å²) in [6.45, 7) is 3.79. The normalized spacial score (nSPS) is 19.8. The van der Waals surface area contributed by atoms with Gasteiger partial charge in [0.05, 0.1) is 6.10 Å². The van der Waals surface area contributed by atoms with E-state index in [9.17, 15) is 14.3 Å². The van der Waals surface area contributed by atoms with Gasteiger partial charge in [-0.15, -0.1) is 0 Å². The summed E-state index contributed by atoms with van der Waals surface area (Å²) in [6.07, 6.45) is 6.39. The number of likely N-dealkylation sites (tertiary alicyclic amines) is 1. The maximum atomic E-state index is 13.9. The van der Waals surface area contributed by atoms with E-state index in [0.717, 1.165) is 62.4 Å². The number of halogens is 1. The summed E-state index contributed by atoms with van der Waals surface area (Å²) < 4.78 is 25.3. The van der Waals surface area contributed by atoms with E-state index in [1.165, 1.54) is 6.42 Å². The van der Waals surface area contributed by atoms with Crippen molar-refractivity contribution in [3.63, 3.8) is 0 Å². The summed E-state index contributed by atoms with van der Waals surface area (Å²) in [4.78, 5) is 15.0. The molecule has 2 aliphatic heterocycles. The van der Waals surface area contributed by atoms with Crippen LogP contribution in [0.1, 0.15) is 82.4 Å². The summed E-state index contributed by atoms with van der Waals surface area (Å²) in [7, 11) is 0. The Labute approximate surface area is 234 Å². The molecule has 0 spiro atoms. The third-order valence-corrected chi connectivity index (χ3v) is 8.00. The van der Waals surface area contributed by atoms with Crippen LogP contribution < -0.4 is 4.74 Å². The Balaban J connectivity index is 0.00000420. The minimum Gasteiger partial charge on any atom is -0.489 e. The fraction of sp³-hybridized carbons (Fsp3) is 0.606. The molecule has 0 aromatic heterocycles. The number of carbonyl (C=O) groups is 1. The Morgan fingerprint density at radius 1 is 1.05 bits per heavy atom. The minimum absolute atomic E-state index is 0. The Morgan fingerprint density at radius 3 is 2.59 bits per heavy atom. The minimum atomic E-state index is -0.825. The predicted octanol–water partition coefficient (Wildman–Crippen LogP) is 6.93. The van der Waals surface area contributed by atoms with Crippen LogP contribution in [0.25, 0.3) is 0 Å². The molecule has 6 heteroatoms. The highest BCUT2D eigenvalue weighted by molar-refractivity contribution is 5.78. The molecule has 1 N–H and O–H groups in total. The number of rotatable bonds is 15. The van der Waals surface area contributed by atoms with Crippen LogP contribution in [0.5, 0.6) is 5.75 Å². The van der Waals surface area contributed by atoms with Gasteiger partial charge in [-0.05, 0) is 54.9 Å². The standard InChI is InChI=1S/C32H44FNO4.CH4/c33-29-14-17-34(23-29)22-28(20-30(35)12-6-2-3-8-25-15-18-37-19-16-25)32(36)27-11-7-13-31(21-27)38-24-26-9-4-1-5-10-26;/h1,4-5,7,9-11,13,21,25,28-29,32,36H,2-3,6,8,12,14-20,22-24H2;1H4/t28-,29-,32-;/m1./s1. The quantitative estimate of drug-likeness (QED) is 0.248. The number of hydrogen-bond acceptors (Lipinski definition) is 5. The number of aliphatic hydroxyl groups excluding tert-OH is 1. The summed E-state index contributed by atoms with van der Waals surface area (Å²) in [6, 6.07) is 17.5. The largest absolute Gasteiger partial charge is 0.489 e. The summed E-state index contributed by atoms with van der Waals surface area (Å²) in [5.74, 6) is 1.36. The molecule has 3 atom stereocenters. The van der Waals surface area contributed by atoms with Gasteiger partial charge >= 0.3 is 0 Å². The molecule has 4 rings (SSSR count). The average Bonchev–Trinajstić information content (AvgIpc) is 3.36. The first kappa shape index (κ1) is 31.3. The number of ketones is 1. The number of ether oxygens (including phenoxy) is 2. The van der Waals surface area contributed by atoms with Crippen molar-refractivity contribution in [3.05, 3.63) is 65.7 Å². The van der Waals surface area contributed by atoms with E-state index >= 15 is 0 Å². The van der Waals surface area contributed by atoms with Gasteiger partial charge in [0.25, 0.3) is 0 Å². The molecule has 2 heterocycles. The second-order valence-corrected chi connectivity index (χ2v) is 11.1. The lowest BCUT2D eigenvalue weighted by molar-refractivity contribution is -0.121. The molecule has 0 bridgehead atoms. The van der Waals surface area contributed by atoms with E-state index < -0.39 is 12.3 Å². The number of nitrogens with zero attached hydrogens (tertiary/aromatic N) is 1. The zero-order valence-corrected chi connectivity index (χ0v) is 22.6. The SMILES string of the molecule is C.O=C(CCCCCC1CCOCC1)C[C@H](CN1CC[C@@H](F)C1)[C@H](O)c1cccc(OCc2ccccc2)c1. The predicted molar refractivity (Wildman–Crippen MR) is 155 cm³/mol. The monoisotopic (exact) mass is 541 g/mol. The van der Waals surface area contributed by atoms with Crippen molar-refractivity contribution >= 4 is 5.78 Å². The lowest BCUT2D eigenvalue weighted by Crippen LogP contribution is -2.32. The summed E-state index contributed by atoms with van der Waals surface area (Å²) >= 11 is 0. The molecule has 2 aliphatic rings. The highest BCUT2D eigenvalue weighted by atomic mass is 19.1.